The quantitative estimate of drug-likeness (QED) is 0.244. The van der Waals surface area contributed by atoms with Gasteiger partial charge in [0.05, 0.1) is 0 Å². The molecule has 0 radical (unpaired) electrons. The summed E-state index contributed by atoms with van der Waals surface area (Å²) in [5, 5.41) is 44.7. The Balaban J connectivity index is 8.31. The molecule has 0 amide bonds. The predicted molar refractivity (Wildman–Crippen MR) is 133 cm³/mol. The van der Waals surface area contributed by atoms with Crippen molar-refractivity contribution in [3.05, 3.63) is 0 Å². The van der Waals surface area contributed by atoms with Crippen LogP contribution < -0.4 is 0 Å². The number of rotatable bonds is 14. The second-order valence-electron chi connectivity index (χ2n) is 12.1. The average molecular weight is 487 g/mol. The van der Waals surface area contributed by atoms with E-state index in [9.17, 15) is 34.8 Å². The average Bonchev–Trinajstić information content (AvgIpc) is 2.70. The van der Waals surface area contributed by atoms with Gasteiger partial charge in [-0.25, -0.2) is 4.79 Å². The van der Waals surface area contributed by atoms with E-state index < -0.39 is 51.1 Å². The van der Waals surface area contributed by atoms with Crippen LogP contribution in [0.2, 0.25) is 0 Å². The van der Waals surface area contributed by atoms with Crippen LogP contribution in [-0.2, 0) is 14.4 Å². The second kappa shape index (κ2) is 10.5. The summed E-state index contributed by atoms with van der Waals surface area (Å²) in [6.07, 6.45) is 1.59. The maximum Gasteiger partial charge on any atom is 0.337 e. The van der Waals surface area contributed by atoms with Gasteiger partial charge in [-0.05, 0) is 34.0 Å². The molecule has 0 aliphatic rings. The van der Waals surface area contributed by atoms with Gasteiger partial charge >= 0.3 is 17.9 Å². The Bertz CT molecular complexity index is 730. The first kappa shape index (κ1) is 32.4. The first-order valence-corrected chi connectivity index (χ1v) is 12.6. The maximum absolute atomic E-state index is 13.6. The van der Waals surface area contributed by atoms with Crippen LogP contribution in [-0.4, -0.2) is 43.9 Å². The highest BCUT2D eigenvalue weighted by atomic mass is 16.4. The Kier molecular flexibility index (Phi) is 10.0. The largest absolute Gasteiger partial charge is 0.481 e. The molecule has 200 valence electrons. The molecule has 0 fully saturated rings. The molecule has 0 saturated heterocycles. The van der Waals surface area contributed by atoms with Crippen LogP contribution >= 0.6 is 0 Å². The summed E-state index contributed by atoms with van der Waals surface area (Å²) < 4.78 is 0. The monoisotopic (exact) mass is 486 g/mol. The Morgan fingerprint density at radius 2 is 0.971 bits per heavy atom. The summed E-state index contributed by atoms with van der Waals surface area (Å²) in [5.41, 5.74) is -9.29. The van der Waals surface area contributed by atoms with Crippen LogP contribution in [0.15, 0.2) is 0 Å². The van der Waals surface area contributed by atoms with Crippen molar-refractivity contribution in [2.75, 3.05) is 0 Å². The Morgan fingerprint density at radius 3 is 1.18 bits per heavy atom. The summed E-state index contributed by atoms with van der Waals surface area (Å²) in [6.45, 7) is 21.0. The summed E-state index contributed by atoms with van der Waals surface area (Å²) in [5.74, 6) is -7.66. The van der Waals surface area contributed by atoms with Crippen LogP contribution in [0.4, 0.5) is 0 Å². The van der Waals surface area contributed by atoms with Gasteiger partial charge in [0.25, 0.3) is 0 Å². The molecule has 0 aromatic rings. The van der Waals surface area contributed by atoms with Crippen molar-refractivity contribution in [1.82, 2.24) is 0 Å². The summed E-state index contributed by atoms with van der Waals surface area (Å²) in [6, 6.07) is 0. The highest BCUT2D eigenvalue weighted by Crippen LogP contribution is 2.67. The van der Waals surface area contributed by atoms with Gasteiger partial charge in [0.15, 0.2) is 5.60 Å². The summed E-state index contributed by atoms with van der Waals surface area (Å²) >= 11 is 0. The lowest BCUT2D eigenvalue weighted by atomic mass is 9.37. The van der Waals surface area contributed by atoms with E-state index in [4.69, 9.17) is 0 Å². The molecule has 0 rings (SSSR count). The van der Waals surface area contributed by atoms with Crippen molar-refractivity contribution >= 4 is 17.9 Å². The smallest absolute Gasteiger partial charge is 0.337 e. The standard InChI is InChI=1S/C27H50O7/c1-13-16(4)23(7,8)19(20(28)29)26(34,21(30)31)27(22(32)33,24(9,10)17(5)14-2)25(11,12)18(6)15-3/h16-19,34H,13-15H2,1-12H3,(H,28,29)(H,30,31)(H,32,33). The first-order valence-electron chi connectivity index (χ1n) is 12.6. The third-order valence-corrected chi connectivity index (χ3v) is 10.1. The molecule has 5 atom stereocenters. The van der Waals surface area contributed by atoms with E-state index in [1.54, 1.807) is 48.5 Å². The highest BCUT2D eigenvalue weighted by Gasteiger charge is 2.79. The number of hydrogen-bond donors (Lipinski definition) is 4. The van der Waals surface area contributed by atoms with E-state index in [2.05, 4.69) is 0 Å². The molecule has 0 heterocycles. The van der Waals surface area contributed by atoms with Crippen molar-refractivity contribution in [3.8, 4) is 0 Å². The van der Waals surface area contributed by atoms with Crippen LogP contribution in [0.1, 0.15) is 102 Å². The van der Waals surface area contributed by atoms with Crippen molar-refractivity contribution in [2.45, 2.75) is 108 Å². The van der Waals surface area contributed by atoms with Gasteiger partial charge in [-0.2, -0.15) is 0 Å². The van der Waals surface area contributed by atoms with E-state index >= 15 is 0 Å². The molecule has 0 spiro atoms. The lowest BCUT2D eigenvalue weighted by Gasteiger charge is -2.64. The third-order valence-electron chi connectivity index (χ3n) is 10.1. The normalized spacial score (nSPS) is 20.4. The van der Waals surface area contributed by atoms with E-state index in [1.807, 2.05) is 34.6 Å². The summed E-state index contributed by atoms with van der Waals surface area (Å²) in [4.78, 5) is 39.7. The molecule has 0 aliphatic carbocycles. The zero-order valence-corrected chi connectivity index (χ0v) is 23.4. The number of carboxylic acids is 3. The van der Waals surface area contributed by atoms with E-state index in [1.165, 1.54) is 0 Å². The summed E-state index contributed by atoms with van der Waals surface area (Å²) in [7, 11) is 0. The van der Waals surface area contributed by atoms with Crippen molar-refractivity contribution in [2.24, 2.45) is 45.3 Å². The van der Waals surface area contributed by atoms with Crippen molar-refractivity contribution in [1.29, 1.82) is 0 Å². The zero-order valence-electron chi connectivity index (χ0n) is 23.4. The number of aliphatic hydroxyl groups is 1. The molecular formula is C27H50O7. The predicted octanol–water partition coefficient (Wildman–Crippen LogP) is 5.79. The molecule has 7 heteroatoms. The minimum absolute atomic E-state index is 0.301. The molecule has 0 aliphatic heterocycles. The Labute approximate surface area is 206 Å². The van der Waals surface area contributed by atoms with E-state index in [0.29, 0.717) is 19.3 Å². The van der Waals surface area contributed by atoms with Crippen LogP contribution in [0.3, 0.4) is 0 Å². The first-order chi connectivity index (χ1) is 15.1. The van der Waals surface area contributed by atoms with E-state index in [-0.39, 0.29) is 17.8 Å². The Hall–Kier alpha value is -1.63. The molecule has 0 aromatic carbocycles. The van der Waals surface area contributed by atoms with Crippen LogP contribution in [0.5, 0.6) is 0 Å². The fourth-order valence-corrected chi connectivity index (χ4v) is 6.63. The molecule has 7 nitrogen and oxygen atoms in total. The van der Waals surface area contributed by atoms with Crippen LogP contribution in [0.25, 0.3) is 0 Å². The molecular weight excluding hydrogens is 436 g/mol. The lowest BCUT2D eigenvalue weighted by Crippen LogP contribution is -2.77. The van der Waals surface area contributed by atoms with Crippen LogP contribution in [0, 0.1) is 45.3 Å². The molecule has 34 heavy (non-hydrogen) atoms. The number of aliphatic carboxylic acids is 3. The zero-order chi connectivity index (χ0) is 27.7. The van der Waals surface area contributed by atoms with Gasteiger partial charge in [-0.15, -0.1) is 0 Å². The third kappa shape index (κ3) is 4.38. The van der Waals surface area contributed by atoms with Crippen molar-refractivity contribution in [3.63, 3.8) is 0 Å². The number of hydrogen-bond acceptors (Lipinski definition) is 4. The van der Waals surface area contributed by atoms with Gasteiger partial charge in [0, 0.05) is 0 Å². The van der Waals surface area contributed by atoms with Gasteiger partial charge in [0.1, 0.15) is 11.3 Å². The Morgan fingerprint density at radius 1 is 0.647 bits per heavy atom. The molecule has 4 N–H and O–H groups in total. The molecule has 0 bridgehead atoms. The van der Waals surface area contributed by atoms with Gasteiger partial charge < -0.3 is 20.4 Å². The SMILES string of the molecule is CCC(C)C(C)(C)C(C(=O)O)C(O)(C(=O)O)C(C(=O)O)(C(C)(C)C(C)CC)C(C)(C)C(C)CC. The lowest BCUT2D eigenvalue weighted by molar-refractivity contribution is -0.268. The van der Waals surface area contributed by atoms with Gasteiger partial charge in [-0.3, -0.25) is 9.59 Å². The van der Waals surface area contributed by atoms with Gasteiger partial charge in [0.2, 0.25) is 0 Å². The fourth-order valence-electron chi connectivity index (χ4n) is 6.63. The topological polar surface area (TPSA) is 132 Å². The second-order valence-corrected chi connectivity index (χ2v) is 12.1. The minimum Gasteiger partial charge on any atom is -0.481 e. The van der Waals surface area contributed by atoms with Crippen molar-refractivity contribution < 1.29 is 34.8 Å². The maximum atomic E-state index is 13.6. The number of carbonyl (C=O) groups is 3. The number of carboxylic acid groups (broad SMARTS) is 3. The molecule has 0 aromatic heterocycles. The van der Waals surface area contributed by atoms with E-state index in [0.717, 1.165) is 0 Å². The molecule has 0 saturated carbocycles. The minimum atomic E-state index is -3.11. The highest BCUT2D eigenvalue weighted by molar-refractivity contribution is 5.95. The molecule has 5 unspecified atom stereocenters. The fraction of sp³-hybridized carbons (Fsp3) is 0.889. The van der Waals surface area contributed by atoms with Gasteiger partial charge in [-0.1, -0.05) is 102 Å².